The van der Waals surface area contributed by atoms with Crippen LogP contribution in [-0.4, -0.2) is 21.6 Å². The number of aromatic nitrogens is 2. The maximum Gasteiger partial charge on any atom is 0.234 e. The van der Waals surface area contributed by atoms with E-state index in [1.165, 1.54) is 11.8 Å². The number of hydrogen-bond donors (Lipinski definition) is 2. The number of hydrogen-bond acceptors (Lipinski definition) is 5. The molecule has 0 saturated heterocycles. The van der Waals surface area contributed by atoms with Gasteiger partial charge in [0.05, 0.1) is 28.4 Å². The van der Waals surface area contributed by atoms with Crippen LogP contribution in [0, 0.1) is 11.3 Å². The lowest BCUT2D eigenvalue weighted by atomic mass is 10.2. The standard InChI is InChI=1S/C22H16N4O2S/c23-13-15-6-11-19-20(12-15)26-22(25-19)29-14-21(27)24-16-7-9-18(10-8-16)28-17-4-2-1-3-5-17/h1-12H,14H2,(H,24,27)(H,25,26). The van der Waals surface area contributed by atoms with Crippen molar-refractivity contribution in [2.45, 2.75) is 5.16 Å². The molecular weight excluding hydrogens is 384 g/mol. The van der Waals surface area contributed by atoms with Crippen LogP contribution in [0.4, 0.5) is 5.69 Å². The summed E-state index contributed by atoms with van der Waals surface area (Å²) in [4.78, 5) is 19.8. The number of thioether (sulfide) groups is 1. The van der Waals surface area contributed by atoms with Gasteiger partial charge in [0, 0.05) is 5.69 Å². The van der Waals surface area contributed by atoms with E-state index >= 15 is 0 Å². The van der Waals surface area contributed by atoms with Crippen molar-refractivity contribution >= 4 is 34.4 Å². The number of ether oxygens (including phenoxy) is 1. The van der Waals surface area contributed by atoms with Gasteiger partial charge in [0.2, 0.25) is 5.91 Å². The molecule has 0 unspecified atom stereocenters. The number of carbonyl (C=O) groups is 1. The normalized spacial score (nSPS) is 10.4. The van der Waals surface area contributed by atoms with Gasteiger partial charge in [-0.2, -0.15) is 5.26 Å². The number of nitriles is 1. The zero-order valence-corrected chi connectivity index (χ0v) is 16.1. The average molecular weight is 400 g/mol. The zero-order chi connectivity index (χ0) is 20.1. The molecule has 142 valence electrons. The van der Waals surface area contributed by atoms with Crippen LogP contribution >= 0.6 is 11.8 Å². The van der Waals surface area contributed by atoms with Gasteiger partial charge in [-0.1, -0.05) is 30.0 Å². The maximum atomic E-state index is 12.2. The second-order valence-electron chi connectivity index (χ2n) is 6.16. The van der Waals surface area contributed by atoms with Crippen molar-refractivity contribution in [3.63, 3.8) is 0 Å². The Morgan fingerprint density at radius 1 is 1.07 bits per heavy atom. The number of para-hydroxylation sites is 1. The van der Waals surface area contributed by atoms with Crippen molar-refractivity contribution in [2.24, 2.45) is 0 Å². The summed E-state index contributed by atoms with van der Waals surface area (Å²) in [7, 11) is 0. The number of fused-ring (bicyclic) bond motifs is 1. The topological polar surface area (TPSA) is 90.8 Å². The highest BCUT2D eigenvalue weighted by atomic mass is 32.2. The zero-order valence-electron chi connectivity index (χ0n) is 15.3. The van der Waals surface area contributed by atoms with Gasteiger partial charge >= 0.3 is 0 Å². The smallest absolute Gasteiger partial charge is 0.234 e. The average Bonchev–Trinajstić information content (AvgIpc) is 3.16. The van der Waals surface area contributed by atoms with Crippen LogP contribution < -0.4 is 10.1 Å². The van der Waals surface area contributed by atoms with E-state index in [0.717, 1.165) is 16.8 Å². The lowest BCUT2D eigenvalue weighted by Gasteiger charge is -2.07. The van der Waals surface area contributed by atoms with E-state index < -0.39 is 0 Å². The van der Waals surface area contributed by atoms with Crippen molar-refractivity contribution in [1.29, 1.82) is 5.26 Å². The molecule has 29 heavy (non-hydrogen) atoms. The molecule has 0 aliphatic carbocycles. The summed E-state index contributed by atoms with van der Waals surface area (Å²) in [6, 6.07) is 24.1. The summed E-state index contributed by atoms with van der Waals surface area (Å²) in [5, 5.41) is 12.5. The lowest BCUT2D eigenvalue weighted by Crippen LogP contribution is -2.13. The molecule has 0 spiro atoms. The first-order chi connectivity index (χ1) is 14.2. The molecule has 1 heterocycles. The Kier molecular flexibility index (Phi) is 5.45. The molecule has 2 N–H and O–H groups in total. The van der Waals surface area contributed by atoms with Crippen LogP contribution in [0.5, 0.6) is 11.5 Å². The Hall–Kier alpha value is -3.76. The highest BCUT2D eigenvalue weighted by molar-refractivity contribution is 7.99. The molecule has 0 atom stereocenters. The maximum absolute atomic E-state index is 12.2. The van der Waals surface area contributed by atoms with Crippen molar-refractivity contribution in [3.8, 4) is 17.6 Å². The van der Waals surface area contributed by atoms with Crippen molar-refractivity contribution in [1.82, 2.24) is 9.97 Å². The van der Waals surface area contributed by atoms with Gasteiger partial charge in [-0.05, 0) is 54.6 Å². The second kappa shape index (κ2) is 8.50. The first-order valence-corrected chi connectivity index (χ1v) is 9.84. The van der Waals surface area contributed by atoms with Crippen LogP contribution in [0.2, 0.25) is 0 Å². The first kappa shape index (κ1) is 18.6. The molecule has 0 bridgehead atoms. The minimum Gasteiger partial charge on any atom is -0.457 e. The van der Waals surface area contributed by atoms with Crippen molar-refractivity contribution in [3.05, 3.63) is 78.4 Å². The Morgan fingerprint density at radius 3 is 2.59 bits per heavy atom. The predicted octanol–water partition coefficient (Wildman–Crippen LogP) is 4.96. The number of rotatable bonds is 6. The van der Waals surface area contributed by atoms with Gasteiger partial charge in [-0.25, -0.2) is 4.98 Å². The van der Waals surface area contributed by atoms with E-state index in [-0.39, 0.29) is 11.7 Å². The van der Waals surface area contributed by atoms with Gasteiger partial charge in [0.1, 0.15) is 11.5 Å². The summed E-state index contributed by atoms with van der Waals surface area (Å²) < 4.78 is 5.74. The van der Waals surface area contributed by atoms with E-state index in [0.29, 0.717) is 22.2 Å². The molecule has 4 aromatic rings. The number of anilines is 1. The van der Waals surface area contributed by atoms with Gasteiger partial charge in [0.15, 0.2) is 5.16 Å². The fourth-order valence-corrected chi connectivity index (χ4v) is 3.37. The van der Waals surface area contributed by atoms with E-state index in [9.17, 15) is 4.79 Å². The molecule has 0 fully saturated rings. The molecule has 1 aromatic heterocycles. The Labute approximate surface area is 171 Å². The minimum atomic E-state index is -0.134. The van der Waals surface area contributed by atoms with Crippen molar-refractivity contribution in [2.75, 3.05) is 11.1 Å². The molecule has 6 nitrogen and oxygen atoms in total. The molecule has 1 amide bonds. The lowest BCUT2D eigenvalue weighted by molar-refractivity contribution is -0.113. The highest BCUT2D eigenvalue weighted by Gasteiger charge is 2.08. The number of aromatic amines is 1. The third-order valence-corrected chi connectivity index (χ3v) is 4.92. The third kappa shape index (κ3) is 4.75. The van der Waals surface area contributed by atoms with Crippen LogP contribution in [0.25, 0.3) is 11.0 Å². The van der Waals surface area contributed by atoms with Crippen LogP contribution in [0.3, 0.4) is 0 Å². The molecule has 0 aliphatic rings. The molecule has 0 saturated carbocycles. The largest absolute Gasteiger partial charge is 0.457 e. The molecular formula is C22H16N4O2S. The molecule has 0 aliphatic heterocycles. The summed E-state index contributed by atoms with van der Waals surface area (Å²) in [6.45, 7) is 0. The number of nitrogens with zero attached hydrogens (tertiary/aromatic N) is 2. The fraction of sp³-hybridized carbons (Fsp3) is 0.0455. The van der Waals surface area contributed by atoms with E-state index in [1.807, 2.05) is 42.5 Å². The highest BCUT2D eigenvalue weighted by Crippen LogP contribution is 2.23. The number of nitrogens with one attached hydrogen (secondary N) is 2. The quantitative estimate of drug-likeness (QED) is 0.447. The minimum absolute atomic E-state index is 0.134. The molecule has 7 heteroatoms. The number of amides is 1. The van der Waals surface area contributed by atoms with E-state index in [2.05, 4.69) is 21.4 Å². The van der Waals surface area contributed by atoms with Gasteiger partial charge in [0.25, 0.3) is 0 Å². The van der Waals surface area contributed by atoms with Crippen LogP contribution in [0.15, 0.2) is 78.0 Å². The Bertz CT molecular complexity index is 1180. The fourth-order valence-electron chi connectivity index (χ4n) is 2.69. The number of H-pyrrole nitrogens is 1. The van der Waals surface area contributed by atoms with E-state index in [1.54, 1.807) is 30.3 Å². The summed E-state index contributed by atoms with van der Waals surface area (Å²) in [6.07, 6.45) is 0. The summed E-state index contributed by atoms with van der Waals surface area (Å²) >= 11 is 1.31. The number of benzene rings is 3. The first-order valence-electron chi connectivity index (χ1n) is 8.85. The van der Waals surface area contributed by atoms with E-state index in [4.69, 9.17) is 10.00 Å². The second-order valence-corrected chi connectivity index (χ2v) is 7.13. The molecule has 3 aromatic carbocycles. The monoisotopic (exact) mass is 400 g/mol. The SMILES string of the molecule is N#Cc1ccc2nc(SCC(=O)Nc3ccc(Oc4ccccc4)cc3)[nH]c2c1. The third-order valence-electron chi connectivity index (χ3n) is 4.05. The van der Waals surface area contributed by atoms with Gasteiger partial charge in [-0.15, -0.1) is 0 Å². The Morgan fingerprint density at radius 2 is 1.83 bits per heavy atom. The predicted molar refractivity (Wildman–Crippen MR) is 113 cm³/mol. The van der Waals surface area contributed by atoms with Crippen LogP contribution in [0.1, 0.15) is 5.56 Å². The van der Waals surface area contributed by atoms with Crippen molar-refractivity contribution < 1.29 is 9.53 Å². The number of carbonyl (C=O) groups excluding carboxylic acids is 1. The summed E-state index contributed by atoms with van der Waals surface area (Å²) in [5.74, 6) is 1.54. The molecule has 4 rings (SSSR count). The Balaban J connectivity index is 1.32. The summed E-state index contributed by atoms with van der Waals surface area (Å²) in [5.41, 5.74) is 2.80. The molecule has 0 radical (unpaired) electrons. The van der Waals surface area contributed by atoms with Crippen LogP contribution in [-0.2, 0) is 4.79 Å². The number of imidazole rings is 1. The van der Waals surface area contributed by atoms with Gasteiger partial charge < -0.3 is 15.0 Å². The van der Waals surface area contributed by atoms with Gasteiger partial charge in [-0.3, -0.25) is 4.79 Å².